The van der Waals surface area contributed by atoms with Crippen LogP contribution in [0.3, 0.4) is 0 Å². The van der Waals surface area contributed by atoms with E-state index in [2.05, 4.69) is 29.6 Å². The van der Waals surface area contributed by atoms with Gasteiger partial charge in [0.05, 0.1) is 18.3 Å². The van der Waals surface area contributed by atoms with Crippen molar-refractivity contribution >= 4 is 23.6 Å². The lowest BCUT2D eigenvalue weighted by molar-refractivity contribution is -0.118. The van der Waals surface area contributed by atoms with Crippen LogP contribution >= 0.6 is 11.8 Å². The Morgan fingerprint density at radius 3 is 2.21 bits per heavy atom. The number of hydrogen-bond acceptors (Lipinski definition) is 6. The molecule has 2 aliphatic rings. The van der Waals surface area contributed by atoms with E-state index in [4.69, 9.17) is 0 Å². The normalized spacial score (nSPS) is 17.1. The molecule has 2 N–H and O–H groups in total. The quantitative estimate of drug-likeness (QED) is 0.507. The molecule has 0 saturated heterocycles. The van der Waals surface area contributed by atoms with Crippen LogP contribution < -0.4 is 15.8 Å². The number of aromatic hydroxyl groups is 1. The summed E-state index contributed by atoms with van der Waals surface area (Å²) < 4.78 is 1.62. The van der Waals surface area contributed by atoms with Crippen molar-refractivity contribution < 1.29 is 14.7 Å². The first-order valence-corrected chi connectivity index (χ1v) is 14.2. The van der Waals surface area contributed by atoms with E-state index in [0.717, 1.165) is 24.0 Å². The number of benzene rings is 2. The Hall–Kier alpha value is -3.72. The fraction of sp³-hybridized carbons (Fsp3) is 0.345. The monoisotopic (exact) mass is 532 g/mol. The summed E-state index contributed by atoms with van der Waals surface area (Å²) in [5.41, 5.74) is 3.87. The van der Waals surface area contributed by atoms with E-state index in [1.165, 1.54) is 29.0 Å². The van der Waals surface area contributed by atoms with Crippen molar-refractivity contribution in [2.45, 2.75) is 44.9 Å². The van der Waals surface area contributed by atoms with Gasteiger partial charge in [-0.05, 0) is 55.2 Å². The van der Waals surface area contributed by atoms with E-state index in [1.54, 1.807) is 15.8 Å². The highest BCUT2D eigenvalue weighted by Gasteiger charge is 2.45. The fourth-order valence-electron chi connectivity index (χ4n) is 5.67. The van der Waals surface area contributed by atoms with Gasteiger partial charge in [-0.1, -0.05) is 48.5 Å². The maximum absolute atomic E-state index is 13.9. The predicted molar refractivity (Wildman–Crippen MR) is 149 cm³/mol. The van der Waals surface area contributed by atoms with Crippen LogP contribution in [0, 0.1) is 0 Å². The summed E-state index contributed by atoms with van der Waals surface area (Å²) in [6.45, 7) is 3.97. The molecule has 9 heteroatoms. The lowest BCUT2D eigenvalue weighted by Crippen LogP contribution is -2.67. The number of thioether (sulfide) groups is 1. The van der Waals surface area contributed by atoms with E-state index in [9.17, 15) is 19.5 Å². The van der Waals surface area contributed by atoms with E-state index in [1.807, 2.05) is 49.4 Å². The highest BCUT2D eigenvalue weighted by molar-refractivity contribution is 7.99. The number of fused-ring (bicyclic) bond motifs is 3. The van der Waals surface area contributed by atoms with Gasteiger partial charge in [-0.25, -0.2) is 0 Å². The second-order valence-electron chi connectivity index (χ2n) is 9.93. The number of rotatable bonds is 6. The molecule has 0 saturated carbocycles. The fourth-order valence-corrected chi connectivity index (χ4v) is 6.04. The van der Waals surface area contributed by atoms with Crippen LogP contribution in [-0.2, 0) is 17.6 Å². The Morgan fingerprint density at radius 2 is 1.63 bits per heavy atom. The van der Waals surface area contributed by atoms with Gasteiger partial charge in [-0.3, -0.25) is 24.1 Å². The molecule has 2 aromatic carbocycles. The number of amides is 2. The number of aromatic nitrogens is 1. The molecule has 198 valence electrons. The minimum absolute atomic E-state index is 0.0721. The number of pyridine rings is 1. The van der Waals surface area contributed by atoms with Crippen LogP contribution in [0.15, 0.2) is 65.6 Å². The Labute approximate surface area is 226 Å². The number of nitrogens with one attached hydrogen (secondary N) is 1. The van der Waals surface area contributed by atoms with Gasteiger partial charge in [-0.2, -0.15) is 11.8 Å². The summed E-state index contributed by atoms with van der Waals surface area (Å²) in [5, 5.41) is 15.9. The Bertz CT molecular complexity index is 1390. The van der Waals surface area contributed by atoms with Crippen molar-refractivity contribution in [3.8, 4) is 5.75 Å². The maximum Gasteiger partial charge on any atom is 0.278 e. The molecule has 2 amide bonds. The molecule has 0 bridgehead atoms. The Kier molecular flexibility index (Phi) is 7.21. The predicted octanol–water partition coefficient (Wildman–Crippen LogP) is 3.05. The van der Waals surface area contributed by atoms with Crippen molar-refractivity contribution in [2.24, 2.45) is 0 Å². The first-order valence-electron chi connectivity index (χ1n) is 12.8. The van der Waals surface area contributed by atoms with Crippen LogP contribution in [0.25, 0.3) is 0 Å². The molecular formula is C29H32N4O4S. The van der Waals surface area contributed by atoms with Crippen molar-refractivity contribution in [1.29, 1.82) is 0 Å². The molecule has 1 atom stereocenters. The first kappa shape index (κ1) is 25.9. The number of hydrogen-bond donors (Lipinski definition) is 2. The molecule has 0 radical (unpaired) electrons. The van der Waals surface area contributed by atoms with Gasteiger partial charge < -0.3 is 15.3 Å². The third kappa shape index (κ3) is 4.45. The zero-order chi connectivity index (χ0) is 27.0. The molecule has 1 aliphatic carbocycles. The third-order valence-electron chi connectivity index (χ3n) is 7.31. The molecule has 2 heterocycles. The van der Waals surface area contributed by atoms with E-state index < -0.39 is 23.3 Å². The summed E-state index contributed by atoms with van der Waals surface area (Å²) in [6, 6.07) is 17.2. The molecule has 1 unspecified atom stereocenters. The molecule has 1 aliphatic heterocycles. The largest absolute Gasteiger partial charge is 0.502 e. The minimum Gasteiger partial charge on any atom is -0.502 e. The number of carbonyl (C=O) groups is 2. The van der Waals surface area contributed by atoms with Crippen LogP contribution in [0.4, 0.5) is 0 Å². The van der Waals surface area contributed by atoms with Gasteiger partial charge >= 0.3 is 0 Å². The summed E-state index contributed by atoms with van der Waals surface area (Å²) in [5.74, 6) is -0.843. The lowest BCUT2D eigenvalue weighted by Gasteiger charge is -2.51. The summed E-state index contributed by atoms with van der Waals surface area (Å²) in [6.07, 6.45) is 4.56. The van der Waals surface area contributed by atoms with E-state index in [0.29, 0.717) is 5.75 Å². The summed E-state index contributed by atoms with van der Waals surface area (Å²) >= 11 is 1.43. The average molecular weight is 533 g/mol. The minimum atomic E-state index is -0.610. The second-order valence-corrected chi connectivity index (χ2v) is 10.8. The zero-order valence-corrected chi connectivity index (χ0v) is 22.6. The highest BCUT2D eigenvalue weighted by atomic mass is 32.2. The van der Waals surface area contributed by atoms with Crippen LogP contribution in [0.5, 0.6) is 5.75 Å². The van der Waals surface area contributed by atoms with E-state index >= 15 is 0 Å². The Morgan fingerprint density at radius 1 is 1.03 bits per heavy atom. The molecule has 38 heavy (non-hydrogen) atoms. The molecule has 0 spiro atoms. The Balaban J connectivity index is 1.79. The van der Waals surface area contributed by atoms with E-state index in [-0.39, 0.29) is 30.2 Å². The standard InChI is InChI=1S/C29H32N4O4S/c1-18(2)32-25(16-30-24(35)17-38-3)33(31-15-14-23(34)28(36)27(31)29(32)37)26-21-10-6-4-8-19(21)12-13-20-9-5-7-11-22(20)26/h4-11,14-15,18,25-26,36H,12-13,16-17H2,1-3H3,(H,30,35). The molecule has 5 rings (SSSR count). The average Bonchev–Trinajstić information content (AvgIpc) is 3.06. The lowest BCUT2D eigenvalue weighted by atomic mass is 9.93. The van der Waals surface area contributed by atoms with Crippen LogP contribution in [0.1, 0.15) is 52.6 Å². The van der Waals surface area contributed by atoms with Gasteiger partial charge in [0.1, 0.15) is 6.17 Å². The maximum atomic E-state index is 13.9. The van der Waals surface area contributed by atoms with Gasteiger partial charge in [-0.15, -0.1) is 0 Å². The van der Waals surface area contributed by atoms with Crippen LogP contribution in [0.2, 0.25) is 0 Å². The van der Waals surface area contributed by atoms with Crippen molar-refractivity contribution in [1.82, 2.24) is 14.9 Å². The number of carbonyl (C=O) groups excluding carboxylic acids is 2. The van der Waals surface area contributed by atoms with Crippen LogP contribution in [-0.4, -0.2) is 57.3 Å². The summed E-state index contributed by atoms with van der Waals surface area (Å²) in [7, 11) is 0. The zero-order valence-electron chi connectivity index (χ0n) is 21.8. The third-order valence-corrected chi connectivity index (χ3v) is 7.86. The number of aryl methyl sites for hydroxylation is 2. The van der Waals surface area contributed by atoms with Crippen molar-refractivity contribution in [2.75, 3.05) is 23.6 Å². The summed E-state index contributed by atoms with van der Waals surface area (Å²) in [4.78, 5) is 40.6. The smallest absolute Gasteiger partial charge is 0.278 e. The topological polar surface area (TPSA) is 94.9 Å². The van der Waals surface area contributed by atoms with Crippen molar-refractivity contribution in [3.63, 3.8) is 0 Å². The SMILES string of the molecule is CSCC(=O)NCC1N(C(C)C)C(=O)c2c(O)c(=O)ccn2N1C1c2ccccc2CCc2ccccc21. The van der Waals surface area contributed by atoms with Gasteiger partial charge in [0, 0.05) is 18.3 Å². The van der Waals surface area contributed by atoms with Crippen molar-refractivity contribution in [3.05, 3.63) is 99.0 Å². The van der Waals surface area contributed by atoms with Gasteiger partial charge in [0.2, 0.25) is 11.3 Å². The molecule has 0 fully saturated rings. The number of nitrogens with zero attached hydrogens (tertiary/aromatic N) is 3. The highest BCUT2D eigenvalue weighted by Crippen LogP contribution is 2.40. The molecular weight excluding hydrogens is 500 g/mol. The van der Waals surface area contributed by atoms with Gasteiger partial charge in [0.15, 0.2) is 11.4 Å². The molecule has 1 aromatic heterocycles. The second kappa shape index (κ2) is 10.6. The molecule has 8 nitrogen and oxygen atoms in total. The van der Waals surface area contributed by atoms with Gasteiger partial charge in [0.25, 0.3) is 5.91 Å². The molecule has 3 aromatic rings. The first-order chi connectivity index (χ1) is 18.3.